The van der Waals surface area contributed by atoms with E-state index < -0.39 is 5.97 Å². The van der Waals surface area contributed by atoms with E-state index in [2.05, 4.69) is 4.98 Å². The van der Waals surface area contributed by atoms with E-state index in [4.69, 9.17) is 15.2 Å². The Hall–Kier alpha value is -2.92. The smallest absolute Gasteiger partial charge is 0.344 e. The van der Waals surface area contributed by atoms with E-state index in [1.807, 2.05) is 54.6 Å². The van der Waals surface area contributed by atoms with Crippen molar-refractivity contribution < 1.29 is 14.3 Å². The normalized spacial score (nSPS) is 11.9. The number of carbonyl (C=O) groups is 1. The lowest BCUT2D eigenvalue weighted by Crippen LogP contribution is -2.30. The fraction of sp³-hybridized carbons (Fsp3) is 0.200. The molecule has 0 aliphatic carbocycles. The SMILES string of the molecule is COC(=O)c1c(OC[C@H](N)Cc2ccccc2)ncc2ccccc12. The minimum atomic E-state index is -0.476. The molecule has 5 nitrogen and oxygen atoms in total. The summed E-state index contributed by atoms with van der Waals surface area (Å²) >= 11 is 0. The van der Waals surface area contributed by atoms with Crippen LogP contribution in [0.4, 0.5) is 0 Å². The minimum Gasteiger partial charge on any atom is -0.475 e. The summed E-state index contributed by atoms with van der Waals surface area (Å²) in [4.78, 5) is 16.5. The number of hydrogen-bond acceptors (Lipinski definition) is 5. The predicted octanol–water partition coefficient (Wildman–Crippen LogP) is 2.97. The standard InChI is InChI=1S/C20H20N2O3/c1-24-20(23)18-17-10-6-5-9-15(17)12-22-19(18)25-13-16(21)11-14-7-3-2-4-8-14/h2-10,12,16H,11,13,21H2,1H3/t16-/m1/s1. The van der Waals surface area contributed by atoms with Crippen LogP contribution in [-0.4, -0.2) is 30.7 Å². The van der Waals surface area contributed by atoms with Crippen LogP contribution in [0.25, 0.3) is 10.8 Å². The lowest BCUT2D eigenvalue weighted by molar-refractivity contribution is 0.0597. The molecule has 0 aliphatic rings. The number of nitrogens with zero attached hydrogens (tertiary/aromatic N) is 1. The lowest BCUT2D eigenvalue weighted by Gasteiger charge is -2.15. The molecule has 0 saturated carbocycles. The highest BCUT2D eigenvalue weighted by Crippen LogP contribution is 2.26. The van der Waals surface area contributed by atoms with Gasteiger partial charge in [0.15, 0.2) is 0 Å². The highest BCUT2D eigenvalue weighted by atomic mass is 16.5. The Kier molecular flexibility index (Phi) is 5.26. The molecule has 2 aromatic carbocycles. The van der Waals surface area contributed by atoms with Crippen molar-refractivity contribution in [2.45, 2.75) is 12.5 Å². The molecule has 128 valence electrons. The summed E-state index contributed by atoms with van der Waals surface area (Å²) in [5, 5.41) is 1.60. The van der Waals surface area contributed by atoms with Crippen molar-refractivity contribution >= 4 is 16.7 Å². The maximum atomic E-state index is 12.2. The first-order chi connectivity index (χ1) is 12.2. The number of fused-ring (bicyclic) bond motifs is 1. The summed E-state index contributed by atoms with van der Waals surface area (Å²) in [5.74, 6) is -0.231. The van der Waals surface area contributed by atoms with Crippen molar-refractivity contribution in [2.75, 3.05) is 13.7 Å². The molecule has 0 radical (unpaired) electrons. The fourth-order valence-electron chi connectivity index (χ4n) is 2.72. The molecule has 2 N–H and O–H groups in total. The van der Waals surface area contributed by atoms with Crippen molar-refractivity contribution in [3.8, 4) is 5.88 Å². The molecule has 1 atom stereocenters. The summed E-state index contributed by atoms with van der Waals surface area (Å²) in [6.45, 7) is 0.254. The number of ether oxygens (including phenoxy) is 2. The molecule has 0 spiro atoms. The van der Waals surface area contributed by atoms with Crippen molar-refractivity contribution in [3.63, 3.8) is 0 Å². The van der Waals surface area contributed by atoms with Crippen LogP contribution in [0.5, 0.6) is 5.88 Å². The molecule has 3 aromatic rings. The van der Waals surface area contributed by atoms with Crippen LogP contribution in [0, 0.1) is 0 Å². The van der Waals surface area contributed by atoms with E-state index in [0.29, 0.717) is 12.0 Å². The molecule has 0 aliphatic heterocycles. The van der Waals surface area contributed by atoms with Gasteiger partial charge in [-0.05, 0) is 12.0 Å². The first kappa shape index (κ1) is 16.9. The monoisotopic (exact) mass is 336 g/mol. The van der Waals surface area contributed by atoms with Gasteiger partial charge in [-0.3, -0.25) is 0 Å². The van der Waals surface area contributed by atoms with Crippen LogP contribution in [0.2, 0.25) is 0 Å². The van der Waals surface area contributed by atoms with Crippen LogP contribution in [0.1, 0.15) is 15.9 Å². The van der Waals surface area contributed by atoms with Crippen molar-refractivity contribution in [3.05, 3.63) is 71.9 Å². The zero-order valence-electron chi connectivity index (χ0n) is 14.0. The van der Waals surface area contributed by atoms with Crippen molar-refractivity contribution in [1.82, 2.24) is 4.98 Å². The van der Waals surface area contributed by atoms with E-state index in [-0.39, 0.29) is 18.5 Å². The van der Waals surface area contributed by atoms with Crippen molar-refractivity contribution in [1.29, 1.82) is 0 Å². The van der Waals surface area contributed by atoms with Crippen LogP contribution in [0.3, 0.4) is 0 Å². The quantitative estimate of drug-likeness (QED) is 0.701. The average Bonchev–Trinajstić information content (AvgIpc) is 2.66. The molecule has 0 bridgehead atoms. The summed E-state index contributed by atoms with van der Waals surface area (Å²) in [7, 11) is 1.34. The topological polar surface area (TPSA) is 74.4 Å². The summed E-state index contributed by atoms with van der Waals surface area (Å²) in [6, 6.07) is 17.2. The zero-order chi connectivity index (χ0) is 17.6. The second-order valence-corrected chi connectivity index (χ2v) is 5.78. The van der Waals surface area contributed by atoms with Gasteiger partial charge >= 0.3 is 5.97 Å². The van der Waals surface area contributed by atoms with Gasteiger partial charge in [0.05, 0.1) is 7.11 Å². The second-order valence-electron chi connectivity index (χ2n) is 5.78. The van der Waals surface area contributed by atoms with Gasteiger partial charge in [-0.25, -0.2) is 9.78 Å². The summed E-state index contributed by atoms with van der Waals surface area (Å²) < 4.78 is 10.7. The average molecular weight is 336 g/mol. The molecule has 1 heterocycles. The minimum absolute atomic E-state index is 0.207. The van der Waals surface area contributed by atoms with Crippen LogP contribution >= 0.6 is 0 Å². The first-order valence-corrected chi connectivity index (χ1v) is 8.07. The maximum absolute atomic E-state index is 12.2. The van der Waals surface area contributed by atoms with Gasteiger partial charge < -0.3 is 15.2 Å². The van der Waals surface area contributed by atoms with Gasteiger partial charge in [-0.1, -0.05) is 54.6 Å². The summed E-state index contributed by atoms with van der Waals surface area (Å²) in [6.07, 6.45) is 2.36. The third-order valence-electron chi connectivity index (χ3n) is 3.93. The number of rotatable bonds is 6. The lowest BCUT2D eigenvalue weighted by atomic mass is 10.1. The second kappa shape index (κ2) is 7.77. The third-order valence-corrected chi connectivity index (χ3v) is 3.93. The number of hydrogen-bond donors (Lipinski definition) is 1. The number of aromatic nitrogens is 1. The van der Waals surface area contributed by atoms with Gasteiger partial charge in [0.1, 0.15) is 12.2 Å². The van der Waals surface area contributed by atoms with E-state index in [9.17, 15) is 4.79 Å². The Labute approximate surface area is 146 Å². The van der Waals surface area contributed by atoms with Gasteiger partial charge in [-0.2, -0.15) is 0 Å². The summed E-state index contributed by atoms with van der Waals surface area (Å²) in [5.41, 5.74) is 7.62. The third kappa shape index (κ3) is 3.95. The molecule has 5 heteroatoms. The Morgan fingerprint density at radius 2 is 1.84 bits per heavy atom. The van der Waals surface area contributed by atoms with Crippen LogP contribution in [0.15, 0.2) is 60.8 Å². The Balaban J connectivity index is 1.80. The number of esters is 1. The molecule has 3 rings (SSSR count). The highest BCUT2D eigenvalue weighted by molar-refractivity contribution is 6.06. The largest absolute Gasteiger partial charge is 0.475 e. The molecular formula is C20H20N2O3. The number of nitrogens with two attached hydrogens (primary N) is 1. The van der Waals surface area contributed by atoms with E-state index >= 15 is 0 Å². The first-order valence-electron chi connectivity index (χ1n) is 8.07. The molecular weight excluding hydrogens is 316 g/mol. The van der Waals surface area contributed by atoms with Crippen molar-refractivity contribution in [2.24, 2.45) is 5.73 Å². The Morgan fingerprint density at radius 3 is 2.60 bits per heavy atom. The molecule has 25 heavy (non-hydrogen) atoms. The van der Waals surface area contributed by atoms with Gasteiger partial charge in [-0.15, -0.1) is 0 Å². The Bertz CT molecular complexity index is 865. The van der Waals surface area contributed by atoms with E-state index in [1.54, 1.807) is 6.20 Å². The Morgan fingerprint density at radius 1 is 1.12 bits per heavy atom. The predicted molar refractivity (Wildman–Crippen MR) is 96.7 cm³/mol. The number of pyridine rings is 1. The van der Waals surface area contributed by atoms with Crippen LogP contribution in [-0.2, 0) is 11.2 Å². The highest BCUT2D eigenvalue weighted by Gasteiger charge is 2.19. The number of carbonyl (C=O) groups excluding carboxylic acids is 1. The van der Waals surface area contributed by atoms with E-state index in [0.717, 1.165) is 16.3 Å². The molecule has 0 unspecified atom stereocenters. The maximum Gasteiger partial charge on any atom is 0.344 e. The molecule has 0 saturated heterocycles. The van der Waals surface area contributed by atoms with Gasteiger partial charge in [0, 0.05) is 23.0 Å². The van der Waals surface area contributed by atoms with Gasteiger partial charge in [0.25, 0.3) is 0 Å². The van der Waals surface area contributed by atoms with Gasteiger partial charge in [0.2, 0.25) is 5.88 Å². The number of benzene rings is 2. The van der Waals surface area contributed by atoms with E-state index in [1.165, 1.54) is 7.11 Å². The number of methoxy groups -OCH3 is 1. The fourth-order valence-corrected chi connectivity index (χ4v) is 2.72. The molecule has 0 amide bonds. The zero-order valence-corrected chi connectivity index (χ0v) is 14.0. The van der Waals surface area contributed by atoms with Crippen LogP contribution < -0.4 is 10.5 Å². The molecule has 0 fully saturated rings. The molecule has 1 aromatic heterocycles.